The Bertz CT molecular complexity index is 659. The Labute approximate surface area is 152 Å². The van der Waals surface area contributed by atoms with Gasteiger partial charge in [0.1, 0.15) is 6.54 Å². The molecule has 2 N–H and O–H groups in total. The average Bonchev–Trinajstić information content (AvgIpc) is 3.35. The van der Waals surface area contributed by atoms with Gasteiger partial charge in [0.25, 0.3) is 0 Å². The van der Waals surface area contributed by atoms with Crippen molar-refractivity contribution in [1.82, 2.24) is 15.5 Å². The third kappa shape index (κ3) is 3.67. The standard InChI is InChI=1S/C18H26N4O2S/c1-2-19-18(21-14-9-13-3-4-15(14)24-13)20-10-17(23)22-7-5-16-12(11-22)6-8-25-16/h6,8,13-15H,2-5,7,9-11H2,1H3,(H2,19,20,21). The highest BCUT2D eigenvalue weighted by Gasteiger charge is 2.41. The summed E-state index contributed by atoms with van der Waals surface area (Å²) in [5.74, 6) is 0.823. The molecule has 3 aliphatic rings. The number of rotatable bonds is 4. The minimum atomic E-state index is 0.0956. The van der Waals surface area contributed by atoms with E-state index in [0.717, 1.165) is 44.9 Å². The minimum Gasteiger partial charge on any atom is -0.373 e. The van der Waals surface area contributed by atoms with E-state index in [1.54, 1.807) is 11.3 Å². The maximum Gasteiger partial charge on any atom is 0.244 e. The van der Waals surface area contributed by atoms with Gasteiger partial charge in [0, 0.05) is 24.5 Å². The molecule has 1 amide bonds. The Morgan fingerprint density at radius 3 is 3.16 bits per heavy atom. The SMILES string of the molecule is CCNC(=NCC(=O)N1CCc2sccc2C1)NC1CC2CCC1O2. The summed E-state index contributed by atoms with van der Waals surface area (Å²) in [6.45, 7) is 4.53. The van der Waals surface area contributed by atoms with E-state index in [-0.39, 0.29) is 12.5 Å². The molecule has 0 radical (unpaired) electrons. The molecule has 2 bridgehead atoms. The lowest BCUT2D eigenvalue weighted by molar-refractivity contribution is -0.130. The van der Waals surface area contributed by atoms with Crippen molar-refractivity contribution >= 4 is 23.2 Å². The third-order valence-electron chi connectivity index (χ3n) is 5.31. The van der Waals surface area contributed by atoms with Gasteiger partial charge < -0.3 is 20.3 Å². The number of fused-ring (bicyclic) bond motifs is 3. The highest BCUT2D eigenvalue weighted by atomic mass is 32.1. The van der Waals surface area contributed by atoms with Crippen molar-refractivity contribution in [3.63, 3.8) is 0 Å². The summed E-state index contributed by atoms with van der Waals surface area (Å²) >= 11 is 1.79. The maximum absolute atomic E-state index is 12.5. The van der Waals surface area contributed by atoms with Crippen LogP contribution in [0.1, 0.15) is 36.6 Å². The van der Waals surface area contributed by atoms with Crippen LogP contribution in [0.4, 0.5) is 0 Å². The summed E-state index contributed by atoms with van der Waals surface area (Å²) in [7, 11) is 0. The van der Waals surface area contributed by atoms with Gasteiger partial charge in [-0.3, -0.25) is 4.79 Å². The fourth-order valence-corrected chi connectivity index (χ4v) is 4.88. The van der Waals surface area contributed by atoms with Crippen LogP contribution in [0.25, 0.3) is 0 Å². The lowest BCUT2D eigenvalue weighted by Gasteiger charge is -2.27. The number of ether oxygens (including phenoxy) is 1. The summed E-state index contributed by atoms with van der Waals surface area (Å²) < 4.78 is 5.89. The van der Waals surface area contributed by atoms with Crippen molar-refractivity contribution in [2.75, 3.05) is 19.6 Å². The van der Waals surface area contributed by atoms with E-state index in [9.17, 15) is 4.79 Å². The molecule has 0 aliphatic carbocycles. The van der Waals surface area contributed by atoms with Gasteiger partial charge in [0.2, 0.25) is 5.91 Å². The molecule has 4 rings (SSSR count). The van der Waals surface area contributed by atoms with Crippen molar-refractivity contribution in [3.8, 4) is 0 Å². The number of carbonyl (C=O) groups is 1. The Morgan fingerprint density at radius 2 is 2.40 bits per heavy atom. The summed E-state index contributed by atoms with van der Waals surface area (Å²) in [6, 6.07) is 2.44. The Morgan fingerprint density at radius 1 is 1.48 bits per heavy atom. The van der Waals surface area contributed by atoms with Crippen molar-refractivity contribution < 1.29 is 9.53 Å². The number of aliphatic imine (C=N–C) groups is 1. The van der Waals surface area contributed by atoms with Crippen LogP contribution < -0.4 is 10.6 Å². The van der Waals surface area contributed by atoms with E-state index in [0.29, 0.717) is 18.2 Å². The van der Waals surface area contributed by atoms with E-state index >= 15 is 0 Å². The second kappa shape index (κ2) is 7.33. The lowest BCUT2D eigenvalue weighted by atomic mass is 9.96. The highest BCUT2D eigenvalue weighted by molar-refractivity contribution is 7.10. The monoisotopic (exact) mass is 362 g/mol. The van der Waals surface area contributed by atoms with Gasteiger partial charge in [-0.1, -0.05) is 0 Å². The van der Waals surface area contributed by atoms with Crippen LogP contribution >= 0.6 is 11.3 Å². The molecule has 2 fully saturated rings. The van der Waals surface area contributed by atoms with E-state index in [1.807, 2.05) is 11.8 Å². The molecule has 3 unspecified atom stereocenters. The van der Waals surface area contributed by atoms with E-state index < -0.39 is 0 Å². The maximum atomic E-state index is 12.5. The smallest absolute Gasteiger partial charge is 0.244 e. The molecule has 3 aliphatic heterocycles. The first-order valence-corrected chi connectivity index (χ1v) is 10.1. The molecule has 136 valence electrons. The number of nitrogens with zero attached hydrogens (tertiary/aromatic N) is 2. The number of thiophene rings is 1. The fraction of sp³-hybridized carbons (Fsp3) is 0.667. The number of hydrogen-bond acceptors (Lipinski definition) is 4. The zero-order valence-electron chi connectivity index (χ0n) is 14.7. The molecule has 0 saturated carbocycles. The van der Waals surface area contributed by atoms with Crippen LogP contribution in [0.5, 0.6) is 0 Å². The van der Waals surface area contributed by atoms with Crippen molar-refractivity contribution in [1.29, 1.82) is 0 Å². The predicted molar refractivity (Wildman–Crippen MR) is 98.9 cm³/mol. The number of guanidine groups is 1. The molecule has 25 heavy (non-hydrogen) atoms. The zero-order chi connectivity index (χ0) is 17.2. The molecule has 3 atom stereocenters. The summed E-state index contributed by atoms with van der Waals surface area (Å²) in [4.78, 5) is 20.4. The first-order chi connectivity index (χ1) is 12.2. The molecule has 2 saturated heterocycles. The van der Waals surface area contributed by atoms with Gasteiger partial charge in [-0.2, -0.15) is 0 Å². The molecular formula is C18H26N4O2S. The third-order valence-corrected chi connectivity index (χ3v) is 6.33. The molecule has 0 aromatic carbocycles. The van der Waals surface area contributed by atoms with Gasteiger partial charge in [-0.15, -0.1) is 11.3 Å². The minimum absolute atomic E-state index is 0.0956. The van der Waals surface area contributed by atoms with Crippen LogP contribution in [0.2, 0.25) is 0 Å². The Kier molecular flexibility index (Phi) is 4.94. The Hall–Kier alpha value is -1.60. The van der Waals surface area contributed by atoms with Crippen LogP contribution in [-0.4, -0.2) is 54.7 Å². The second-order valence-corrected chi connectivity index (χ2v) is 7.99. The normalized spacial score (nSPS) is 28.1. The van der Waals surface area contributed by atoms with Gasteiger partial charge in [0.05, 0.1) is 18.2 Å². The molecular weight excluding hydrogens is 336 g/mol. The topological polar surface area (TPSA) is 66.0 Å². The van der Waals surface area contributed by atoms with Crippen LogP contribution in [0, 0.1) is 0 Å². The van der Waals surface area contributed by atoms with Gasteiger partial charge >= 0.3 is 0 Å². The van der Waals surface area contributed by atoms with E-state index in [1.165, 1.54) is 16.9 Å². The molecule has 4 heterocycles. The number of carbonyl (C=O) groups excluding carboxylic acids is 1. The molecule has 1 aromatic heterocycles. The van der Waals surface area contributed by atoms with Gasteiger partial charge in [0.15, 0.2) is 5.96 Å². The average molecular weight is 362 g/mol. The number of amides is 1. The summed E-state index contributed by atoms with van der Waals surface area (Å²) in [5, 5.41) is 8.83. The highest BCUT2D eigenvalue weighted by Crippen LogP contribution is 2.34. The van der Waals surface area contributed by atoms with Crippen molar-refractivity contribution in [2.24, 2.45) is 4.99 Å². The van der Waals surface area contributed by atoms with Crippen LogP contribution in [-0.2, 0) is 22.5 Å². The quantitative estimate of drug-likeness (QED) is 0.629. The predicted octanol–water partition coefficient (Wildman–Crippen LogP) is 1.51. The number of nitrogens with one attached hydrogen (secondary N) is 2. The molecule has 1 aromatic rings. The number of hydrogen-bond donors (Lipinski definition) is 2. The van der Waals surface area contributed by atoms with Gasteiger partial charge in [-0.05, 0) is 49.6 Å². The van der Waals surface area contributed by atoms with Crippen molar-refractivity contribution in [3.05, 3.63) is 21.9 Å². The molecule has 7 heteroatoms. The lowest BCUT2D eigenvalue weighted by Crippen LogP contribution is -2.48. The van der Waals surface area contributed by atoms with Crippen molar-refractivity contribution in [2.45, 2.75) is 57.4 Å². The first-order valence-electron chi connectivity index (χ1n) is 9.26. The fourth-order valence-electron chi connectivity index (χ4n) is 3.99. The first kappa shape index (κ1) is 16.8. The summed E-state index contributed by atoms with van der Waals surface area (Å²) in [5.41, 5.74) is 1.29. The molecule has 0 spiro atoms. The Balaban J connectivity index is 1.34. The van der Waals surface area contributed by atoms with Crippen LogP contribution in [0.15, 0.2) is 16.4 Å². The zero-order valence-corrected chi connectivity index (χ0v) is 15.5. The van der Waals surface area contributed by atoms with E-state index in [2.05, 4.69) is 27.1 Å². The largest absolute Gasteiger partial charge is 0.373 e. The molecule has 6 nitrogen and oxygen atoms in total. The summed E-state index contributed by atoms with van der Waals surface area (Å²) in [6.07, 6.45) is 4.99. The van der Waals surface area contributed by atoms with Gasteiger partial charge in [-0.25, -0.2) is 4.99 Å². The van der Waals surface area contributed by atoms with Crippen LogP contribution in [0.3, 0.4) is 0 Å². The van der Waals surface area contributed by atoms with E-state index in [4.69, 9.17) is 4.74 Å². The second-order valence-electron chi connectivity index (χ2n) is 6.99.